The number of carboxylic acid groups (broad SMARTS) is 1. The molecule has 2 aromatic rings. The summed E-state index contributed by atoms with van der Waals surface area (Å²) in [6.45, 7) is 0.111. The zero-order chi connectivity index (χ0) is 20.3. The van der Waals surface area contributed by atoms with Gasteiger partial charge in [0.2, 0.25) is 5.91 Å². The zero-order valence-electron chi connectivity index (χ0n) is 15.0. The summed E-state index contributed by atoms with van der Waals surface area (Å²) in [6, 6.07) is 1.43. The predicted octanol–water partition coefficient (Wildman–Crippen LogP) is 2.51. The van der Waals surface area contributed by atoms with Gasteiger partial charge in [-0.25, -0.2) is 9.78 Å². The second-order valence-corrected chi connectivity index (χ2v) is 7.60. The van der Waals surface area contributed by atoms with Crippen LogP contribution in [0, 0.1) is 11.3 Å². The summed E-state index contributed by atoms with van der Waals surface area (Å²) in [7, 11) is 0. The number of nitriles is 1. The molecule has 0 aromatic carbocycles. The molecule has 2 aromatic heterocycles. The lowest BCUT2D eigenvalue weighted by molar-refractivity contribution is -0.123. The number of carbonyl (C=O) groups is 2. The Morgan fingerprint density at radius 3 is 2.82 bits per heavy atom. The molecule has 0 aliphatic heterocycles. The Labute approximate surface area is 172 Å². The van der Waals surface area contributed by atoms with Crippen LogP contribution in [0.15, 0.2) is 12.4 Å². The second-order valence-electron chi connectivity index (χ2n) is 6.76. The molecule has 0 bridgehead atoms. The van der Waals surface area contributed by atoms with Crippen LogP contribution in [-0.2, 0) is 11.3 Å². The van der Waals surface area contributed by atoms with E-state index in [9.17, 15) is 14.7 Å². The van der Waals surface area contributed by atoms with E-state index in [0.29, 0.717) is 16.6 Å². The molecule has 1 unspecified atom stereocenters. The van der Waals surface area contributed by atoms with Crippen LogP contribution in [-0.4, -0.2) is 38.0 Å². The van der Waals surface area contributed by atoms with Gasteiger partial charge in [0.15, 0.2) is 5.65 Å². The van der Waals surface area contributed by atoms with E-state index in [2.05, 4.69) is 28.4 Å². The van der Waals surface area contributed by atoms with Crippen LogP contribution < -0.4 is 10.6 Å². The van der Waals surface area contributed by atoms with Crippen LogP contribution >= 0.6 is 24.4 Å². The van der Waals surface area contributed by atoms with Crippen molar-refractivity contribution in [3.05, 3.63) is 28.5 Å². The number of carbonyl (C=O) groups excluding carboxylic acids is 1. The van der Waals surface area contributed by atoms with Gasteiger partial charge in [-0.3, -0.25) is 8.77 Å². The maximum Gasteiger partial charge on any atom is 0.337 e. The Kier molecular flexibility index (Phi) is 6.44. The van der Waals surface area contributed by atoms with Gasteiger partial charge < -0.3 is 15.7 Å². The lowest BCUT2D eigenvalue weighted by Gasteiger charge is -2.19. The molecular formula is C18H20ClN5O3S. The number of aromatic carboxylic acids is 1. The minimum atomic E-state index is -1.13. The highest BCUT2D eigenvalue weighted by atomic mass is 35.5. The summed E-state index contributed by atoms with van der Waals surface area (Å²) in [6.07, 6.45) is 6.82. The quantitative estimate of drug-likeness (QED) is 0.510. The van der Waals surface area contributed by atoms with Crippen molar-refractivity contribution in [1.82, 2.24) is 19.6 Å². The summed E-state index contributed by atoms with van der Waals surface area (Å²) in [5, 5.41) is 25.2. The number of pyridine rings is 1. The van der Waals surface area contributed by atoms with Crippen LogP contribution in [0.1, 0.15) is 48.0 Å². The van der Waals surface area contributed by atoms with Gasteiger partial charge in [-0.05, 0) is 18.4 Å². The smallest absolute Gasteiger partial charge is 0.337 e. The van der Waals surface area contributed by atoms with Crippen molar-refractivity contribution >= 4 is 47.3 Å². The first-order chi connectivity index (χ1) is 13.4. The fourth-order valence-corrected chi connectivity index (χ4v) is 3.98. The van der Waals surface area contributed by atoms with Crippen LogP contribution in [0.3, 0.4) is 0 Å². The highest BCUT2D eigenvalue weighted by Gasteiger charge is 2.25. The van der Waals surface area contributed by atoms with E-state index in [1.165, 1.54) is 16.4 Å². The maximum absolute atomic E-state index is 12.6. The second kappa shape index (κ2) is 8.82. The van der Waals surface area contributed by atoms with Gasteiger partial charge >= 0.3 is 5.97 Å². The third-order valence-electron chi connectivity index (χ3n) is 4.92. The largest absolute Gasteiger partial charge is 0.478 e. The molecular weight excluding hydrogens is 402 g/mol. The number of hydrogen-bond donors (Lipinski definition) is 4. The lowest BCUT2D eigenvalue weighted by atomic mass is 10.1. The van der Waals surface area contributed by atoms with E-state index in [0.717, 1.165) is 25.7 Å². The van der Waals surface area contributed by atoms with E-state index < -0.39 is 12.0 Å². The van der Waals surface area contributed by atoms with E-state index in [-0.39, 0.29) is 35.5 Å². The molecule has 1 fully saturated rings. The maximum atomic E-state index is 12.6. The molecule has 2 heterocycles. The fraction of sp³-hybridized carbons (Fsp3) is 0.444. The van der Waals surface area contributed by atoms with Gasteiger partial charge in [0.05, 0.1) is 23.1 Å². The van der Waals surface area contributed by atoms with E-state index in [1.807, 2.05) is 6.07 Å². The molecule has 3 N–H and O–H groups in total. The standard InChI is InChI=1S/C18H20ClN5O3S/c19-13-8-22-16-15(12(18(26)27)9-24(16)28)11(13)7-21-14(5-6-20)17(25)23-10-3-1-2-4-10/h8-10,14,21,28H,1-5,7H2,(H,23,25)(H,26,27). The molecule has 148 valence electrons. The first-order valence-electron chi connectivity index (χ1n) is 8.94. The Hall–Kier alpha value is -2.28. The normalized spacial score (nSPS) is 15.5. The van der Waals surface area contributed by atoms with Crippen molar-refractivity contribution in [3.8, 4) is 6.07 Å². The number of fused-ring (bicyclic) bond motifs is 1. The first kappa shape index (κ1) is 20.5. The monoisotopic (exact) mass is 421 g/mol. The molecule has 1 aliphatic rings. The number of rotatable bonds is 7. The lowest BCUT2D eigenvalue weighted by Crippen LogP contribution is -2.46. The number of nitrogens with zero attached hydrogens (tertiary/aromatic N) is 3. The van der Waals surface area contributed by atoms with Crippen molar-refractivity contribution in [2.24, 2.45) is 0 Å². The van der Waals surface area contributed by atoms with E-state index >= 15 is 0 Å². The summed E-state index contributed by atoms with van der Waals surface area (Å²) in [4.78, 5) is 28.3. The Morgan fingerprint density at radius 2 is 2.18 bits per heavy atom. The van der Waals surface area contributed by atoms with Crippen LogP contribution in [0.2, 0.25) is 5.02 Å². The summed E-state index contributed by atoms with van der Waals surface area (Å²) < 4.78 is 1.32. The first-order valence-corrected chi connectivity index (χ1v) is 9.71. The minimum absolute atomic E-state index is 0.0102. The Morgan fingerprint density at radius 1 is 1.46 bits per heavy atom. The summed E-state index contributed by atoms with van der Waals surface area (Å²) in [5.74, 6) is -1.37. The highest BCUT2D eigenvalue weighted by Crippen LogP contribution is 2.29. The molecule has 1 atom stereocenters. The number of halogens is 1. The molecule has 0 saturated heterocycles. The van der Waals surface area contributed by atoms with E-state index in [4.69, 9.17) is 16.9 Å². The molecule has 1 saturated carbocycles. The number of thiol groups is 1. The van der Waals surface area contributed by atoms with Crippen molar-refractivity contribution in [2.75, 3.05) is 0 Å². The van der Waals surface area contributed by atoms with Crippen molar-refractivity contribution < 1.29 is 14.7 Å². The zero-order valence-corrected chi connectivity index (χ0v) is 16.6. The number of amides is 1. The molecule has 1 amide bonds. The number of hydrogen-bond acceptors (Lipinski definition) is 6. The summed E-state index contributed by atoms with van der Waals surface area (Å²) >= 11 is 10.5. The van der Waals surface area contributed by atoms with Crippen molar-refractivity contribution in [2.45, 2.75) is 50.7 Å². The van der Waals surface area contributed by atoms with Gasteiger partial charge in [-0.15, -0.1) is 0 Å². The molecule has 10 heteroatoms. The molecule has 3 rings (SSSR count). The molecule has 8 nitrogen and oxygen atoms in total. The third-order valence-corrected chi connectivity index (χ3v) is 5.55. The fourth-order valence-electron chi connectivity index (χ4n) is 3.50. The summed E-state index contributed by atoms with van der Waals surface area (Å²) in [5.41, 5.74) is 0.867. The van der Waals surface area contributed by atoms with E-state index in [1.54, 1.807) is 0 Å². The number of nitrogens with one attached hydrogen (secondary N) is 2. The molecule has 0 spiro atoms. The average Bonchev–Trinajstić information content (AvgIpc) is 3.27. The van der Waals surface area contributed by atoms with Gasteiger partial charge in [-0.1, -0.05) is 37.3 Å². The number of aromatic nitrogens is 2. The topological polar surface area (TPSA) is 120 Å². The Bertz CT molecular complexity index is 949. The van der Waals surface area contributed by atoms with Gasteiger partial charge in [0.25, 0.3) is 0 Å². The van der Waals surface area contributed by atoms with Crippen LogP contribution in [0.4, 0.5) is 0 Å². The average molecular weight is 422 g/mol. The van der Waals surface area contributed by atoms with Gasteiger partial charge in [-0.2, -0.15) is 5.26 Å². The molecule has 0 radical (unpaired) electrons. The minimum Gasteiger partial charge on any atom is -0.478 e. The Balaban J connectivity index is 1.84. The third kappa shape index (κ3) is 4.24. The molecule has 1 aliphatic carbocycles. The number of carboxylic acids is 1. The predicted molar refractivity (Wildman–Crippen MR) is 107 cm³/mol. The van der Waals surface area contributed by atoms with Crippen molar-refractivity contribution in [1.29, 1.82) is 5.26 Å². The van der Waals surface area contributed by atoms with Crippen molar-refractivity contribution in [3.63, 3.8) is 0 Å². The highest BCUT2D eigenvalue weighted by molar-refractivity contribution is 7.78. The van der Waals surface area contributed by atoms with Gasteiger partial charge in [0.1, 0.15) is 6.04 Å². The van der Waals surface area contributed by atoms with Crippen LogP contribution in [0.25, 0.3) is 11.0 Å². The van der Waals surface area contributed by atoms with Gasteiger partial charge in [0, 0.05) is 30.4 Å². The molecule has 28 heavy (non-hydrogen) atoms. The SMILES string of the molecule is N#CCC(NCc1c(Cl)cnc2c1c(C(=O)O)cn2S)C(=O)NC1CCCC1. The van der Waals surface area contributed by atoms with Crippen LogP contribution in [0.5, 0.6) is 0 Å².